The van der Waals surface area contributed by atoms with Crippen LogP contribution >= 0.6 is 0 Å². The second kappa shape index (κ2) is 7.12. The Morgan fingerprint density at radius 3 is 2.89 bits per heavy atom. The van der Waals surface area contributed by atoms with E-state index in [2.05, 4.69) is 22.5 Å². The summed E-state index contributed by atoms with van der Waals surface area (Å²) in [6.07, 6.45) is 10.3. The SMILES string of the molecule is CCCCNc1cncc(C(=O)NC2CCCC2)c1. The van der Waals surface area contributed by atoms with E-state index >= 15 is 0 Å². The van der Waals surface area contributed by atoms with Crippen LogP contribution in [0.2, 0.25) is 0 Å². The number of nitrogens with one attached hydrogen (secondary N) is 2. The summed E-state index contributed by atoms with van der Waals surface area (Å²) in [7, 11) is 0. The molecule has 104 valence electrons. The van der Waals surface area contributed by atoms with Gasteiger partial charge in [0.1, 0.15) is 0 Å². The minimum absolute atomic E-state index is 0.00135. The molecule has 19 heavy (non-hydrogen) atoms. The van der Waals surface area contributed by atoms with Crippen LogP contribution in [0.25, 0.3) is 0 Å². The van der Waals surface area contributed by atoms with Crippen molar-refractivity contribution in [1.29, 1.82) is 0 Å². The van der Waals surface area contributed by atoms with Crippen LogP contribution in [0.15, 0.2) is 18.5 Å². The lowest BCUT2D eigenvalue weighted by Gasteiger charge is -2.12. The van der Waals surface area contributed by atoms with Gasteiger partial charge in [0.15, 0.2) is 0 Å². The maximum Gasteiger partial charge on any atom is 0.253 e. The van der Waals surface area contributed by atoms with Crippen LogP contribution in [0.4, 0.5) is 5.69 Å². The van der Waals surface area contributed by atoms with Crippen LogP contribution in [0.5, 0.6) is 0 Å². The smallest absolute Gasteiger partial charge is 0.253 e. The van der Waals surface area contributed by atoms with Crippen LogP contribution in [0, 0.1) is 0 Å². The van der Waals surface area contributed by atoms with Gasteiger partial charge in [-0.2, -0.15) is 0 Å². The standard InChI is InChI=1S/C15H23N3O/c1-2-3-8-17-14-9-12(10-16-11-14)15(19)18-13-6-4-5-7-13/h9-11,13,17H,2-8H2,1H3,(H,18,19). The molecule has 1 saturated carbocycles. The maximum absolute atomic E-state index is 12.1. The molecule has 0 atom stereocenters. The van der Waals surface area contributed by atoms with E-state index in [0.29, 0.717) is 11.6 Å². The summed E-state index contributed by atoms with van der Waals surface area (Å²) in [6, 6.07) is 2.23. The first-order chi connectivity index (χ1) is 9.29. The highest BCUT2D eigenvalue weighted by atomic mass is 16.1. The van der Waals surface area contributed by atoms with Crippen molar-refractivity contribution in [3.05, 3.63) is 24.0 Å². The predicted molar refractivity (Wildman–Crippen MR) is 77.4 cm³/mol. The van der Waals surface area contributed by atoms with E-state index in [-0.39, 0.29) is 5.91 Å². The Morgan fingerprint density at radius 2 is 2.16 bits per heavy atom. The number of aromatic nitrogens is 1. The fourth-order valence-electron chi connectivity index (χ4n) is 2.41. The van der Waals surface area contributed by atoms with Gasteiger partial charge >= 0.3 is 0 Å². The fourth-order valence-corrected chi connectivity index (χ4v) is 2.41. The first kappa shape index (κ1) is 13.8. The van der Waals surface area contributed by atoms with Crippen LogP contribution in [-0.2, 0) is 0 Å². The Labute approximate surface area is 115 Å². The number of carbonyl (C=O) groups excluding carboxylic acids is 1. The largest absolute Gasteiger partial charge is 0.384 e. The van der Waals surface area contributed by atoms with Crippen molar-refractivity contribution in [2.45, 2.75) is 51.5 Å². The molecule has 4 heteroatoms. The quantitative estimate of drug-likeness (QED) is 0.774. The van der Waals surface area contributed by atoms with Crippen LogP contribution in [0.3, 0.4) is 0 Å². The van der Waals surface area contributed by atoms with E-state index in [4.69, 9.17) is 0 Å². The average Bonchev–Trinajstić information content (AvgIpc) is 2.92. The Kier molecular flexibility index (Phi) is 5.19. The van der Waals surface area contributed by atoms with Crippen molar-refractivity contribution in [2.75, 3.05) is 11.9 Å². The third-order valence-electron chi connectivity index (χ3n) is 3.55. The van der Waals surface area contributed by atoms with Crippen molar-refractivity contribution in [3.8, 4) is 0 Å². The molecule has 0 saturated heterocycles. The topological polar surface area (TPSA) is 54.0 Å². The summed E-state index contributed by atoms with van der Waals surface area (Å²) >= 11 is 0. The lowest BCUT2D eigenvalue weighted by molar-refractivity contribution is 0.0937. The number of unbranched alkanes of at least 4 members (excludes halogenated alkanes) is 1. The summed E-state index contributed by atoms with van der Waals surface area (Å²) in [5, 5.41) is 6.37. The predicted octanol–water partition coefficient (Wildman–Crippen LogP) is 2.97. The molecule has 4 nitrogen and oxygen atoms in total. The van der Waals surface area contributed by atoms with Crippen LogP contribution < -0.4 is 10.6 Å². The molecule has 0 unspecified atom stereocenters. The van der Waals surface area contributed by atoms with Gasteiger partial charge in [-0.1, -0.05) is 26.2 Å². The summed E-state index contributed by atoms with van der Waals surface area (Å²) in [5.41, 5.74) is 1.57. The summed E-state index contributed by atoms with van der Waals surface area (Å²) in [6.45, 7) is 3.08. The molecule has 0 bridgehead atoms. The molecule has 1 aliphatic carbocycles. The molecule has 0 spiro atoms. The number of rotatable bonds is 6. The lowest BCUT2D eigenvalue weighted by Crippen LogP contribution is -2.32. The fraction of sp³-hybridized carbons (Fsp3) is 0.600. The minimum Gasteiger partial charge on any atom is -0.384 e. The Bertz CT molecular complexity index is 414. The number of amides is 1. The van der Waals surface area contributed by atoms with Crippen LogP contribution in [0.1, 0.15) is 55.8 Å². The molecule has 1 aromatic rings. The van der Waals surface area contributed by atoms with Gasteiger partial charge in [-0.3, -0.25) is 9.78 Å². The molecule has 0 aromatic carbocycles. The minimum atomic E-state index is -0.00135. The highest BCUT2D eigenvalue weighted by molar-refractivity contribution is 5.94. The molecule has 0 radical (unpaired) electrons. The molecular weight excluding hydrogens is 238 g/mol. The summed E-state index contributed by atoms with van der Waals surface area (Å²) in [5.74, 6) is -0.00135. The summed E-state index contributed by atoms with van der Waals surface area (Å²) in [4.78, 5) is 16.2. The first-order valence-corrected chi connectivity index (χ1v) is 7.29. The van der Waals surface area contributed by atoms with Gasteiger partial charge < -0.3 is 10.6 Å². The van der Waals surface area contributed by atoms with E-state index in [9.17, 15) is 4.79 Å². The Balaban J connectivity index is 1.91. The van der Waals surface area contributed by atoms with Gasteiger partial charge in [-0.15, -0.1) is 0 Å². The van der Waals surface area contributed by atoms with E-state index < -0.39 is 0 Å². The lowest BCUT2D eigenvalue weighted by atomic mass is 10.2. The number of pyridine rings is 1. The van der Waals surface area contributed by atoms with Crippen molar-refractivity contribution < 1.29 is 4.79 Å². The number of hydrogen-bond donors (Lipinski definition) is 2. The zero-order chi connectivity index (χ0) is 13.5. The van der Waals surface area contributed by atoms with Gasteiger partial charge in [0.25, 0.3) is 5.91 Å². The van der Waals surface area contributed by atoms with E-state index in [1.807, 2.05) is 6.07 Å². The number of carbonyl (C=O) groups is 1. The molecule has 1 aliphatic rings. The molecule has 2 rings (SSSR count). The zero-order valence-electron chi connectivity index (χ0n) is 11.6. The number of hydrogen-bond acceptors (Lipinski definition) is 3. The molecule has 1 amide bonds. The van der Waals surface area contributed by atoms with E-state index in [0.717, 1.165) is 37.9 Å². The van der Waals surface area contributed by atoms with Gasteiger partial charge in [-0.25, -0.2) is 0 Å². The summed E-state index contributed by atoms with van der Waals surface area (Å²) < 4.78 is 0. The van der Waals surface area contributed by atoms with Gasteiger partial charge in [0, 0.05) is 25.0 Å². The molecule has 2 N–H and O–H groups in total. The van der Waals surface area contributed by atoms with E-state index in [1.165, 1.54) is 12.8 Å². The monoisotopic (exact) mass is 261 g/mol. The number of anilines is 1. The van der Waals surface area contributed by atoms with Crippen molar-refractivity contribution in [3.63, 3.8) is 0 Å². The molecule has 0 aliphatic heterocycles. The molecule has 1 heterocycles. The third kappa shape index (κ3) is 4.23. The Morgan fingerprint density at radius 1 is 1.37 bits per heavy atom. The highest BCUT2D eigenvalue weighted by Crippen LogP contribution is 2.18. The van der Waals surface area contributed by atoms with Crippen LogP contribution in [-0.4, -0.2) is 23.5 Å². The van der Waals surface area contributed by atoms with Gasteiger partial charge in [0.2, 0.25) is 0 Å². The third-order valence-corrected chi connectivity index (χ3v) is 3.55. The first-order valence-electron chi connectivity index (χ1n) is 7.29. The second-order valence-corrected chi connectivity index (χ2v) is 5.20. The van der Waals surface area contributed by atoms with Crippen molar-refractivity contribution in [1.82, 2.24) is 10.3 Å². The Hall–Kier alpha value is -1.58. The molecule has 1 aromatic heterocycles. The zero-order valence-corrected chi connectivity index (χ0v) is 11.6. The number of nitrogens with zero attached hydrogens (tertiary/aromatic N) is 1. The van der Waals surface area contributed by atoms with Crippen molar-refractivity contribution >= 4 is 11.6 Å². The molecular formula is C15H23N3O. The van der Waals surface area contributed by atoms with Crippen molar-refractivity contribution in [2.24, 2.45) is 0 Å². The normalized spacial score (nSPS) is 15.4. The average molecular weight is 261 g/mol. The highest BCUT2D eigenvalue weighted by Gasteiger charge is 2.18. The van der Waals surface area contributed by atoms with E-state index in [1.54, 1.807) is 12.4 Å². The second-order valence-electron chi connectivity index (χ2n) is 5.20. The van der Waals surface area contributed by atoms with Gasteiger partial charge in [0.05, 0.1) is 11.3 Å². The van der Waals surface area contributed by atoms with Gasteiger partial charge in [-0.05, 0) is 25.3 Å². The maximum atomic E-state index is 12.1. The molecule has 1 fully saturated rings.